The summed E-state index contributed by atoms with van der Waals surface area (Å²) in [4.78, 5) is 14.7. The molecule has 0 aliphatic carbocycles. The lowest BCUT2D eigenvalue weighted by Gasteiger charge is -2.38. The van der Waals surface area contributed by atoms with Gasteiger partial charge in [0.2, 0.25) is 0 Å². The number of rotatable bonds is 5. The minimum Gasteiger partial charge on any atom is -0.341 e. The van der Waals surface area contributed by atoms with E-state index in [-0.39, 0.29) is 5.91 Å². The molecule has 0 aromatic carbocycles. The molecule has 1 aliphatic heterocycles. The Labute approximate surface area is 109 Å². The highest BCUT2D eigenvalue weighted by molar-refractivity contribution is 5.93. The molecule has 1 N–H and O–H groups in total. The van der Waals surface area contributed by atoms with E-state index in [4.69, 9.17) is 0 Å². The fourth-order valence-corrected chi connectivity index (χ4v) is 2.36. The standard InChI is InChI=1S/C14H23N3O/c1-4-7-17(12-9-15-10-12)14(18)13-6-5-8-16(13)11(2)3/h5-6,8,11-12,15H,4,7,9-10H2,1-3H3. The zero-order valence-corrected chi connectivity index (χ0v) is 11.5. The molecule has 0 atom stereocenters. The van der Waals surface area contributed by atoms with Gasteiger partial charge in [0.15, 0.2) is 0 Å². The highest BCUT2D eigenvalue weighted by Gasteiger charge is 2.29. The first-order valence-corrected chi connectivity index (χ1v) is 6.83. The Morgan fingerprint density at radius 3 is 2.78 bits per heavy atom. The summed E-state index contributed by atoms with van der Waals surface area (Å²) in [6.45, 7) is 9.02. The summed E-state index contributed by atoms with van der Waals surface area (Å²) >= 11 is 0. The molecule has 2 rings (SSSR count). The second-order valence-electron chi connectivity index (χ2n) is 5.21. The van der Waals surface area contributed by atoms with Crippen molar-refractivity contribution in [1.29, 1.82) is 0 Å². The van der Waals surface area contributed by atoms with E-state index < -0.39 is 0 Å². The van der Waals surface area contributed by atoms with Gasteiger partial charge in [0.1, 0.15) is 5.69 Å². The lowest BCUT2D eigenvalue weighted by molar-refractivity contribution is 0.0603. The van der Waals surface area contributed by atoms with E-state index >= 15 is 0 Å². The van der Waals surface area contributed by atoms with Gasteiger partial charge in [0.25, 0.3) is 5.91 Å². The van der Waals surface area contributed by atoms with Gasteiger partial charge >= 0.3 is 0 Å². The number of nitrogens with zero attached hydrogens (tertiary/aromatic N) is 2. The highest BCUT2D eigenvalue weighted by atomic mass is 16.2. The number of hydrogen-bond donors (Lipinski definition) is 1. The summed E-state index contributed by atoms with van der Waals surface area (Å²) in [5.74, 6) is 0.169. The number of hydrogen-bond acceptors (Lipinski definition) is 2. The van der Waals surface area contributed by atoms with Gasteiger partial charge in [-0.15, -0.1) is 0 Å². The summed E-state index contributed by atoms with van der Waals surface area (Å²) in [6, 6.07) is 4.57. The van der Waals surface area contributed by atoms with Crippen molar-refractivity contribution >= 4 is 5.91 Å². The summed E-state index contributed by atoms with van der Waals surface area (Å²) in [7, 11) is 0. The van der Waals surface area contributed by atoms with Crippen molar-refractivity contribution in [3.05, 3.63) is 24.0 Å². The summed E-state index contributed by atoms with van der Waals surface area (Å²) in [6.07, 6.45) is 2.99. The molecular formula is C14H23N3O. The maximum Gasteiger partial charge on any atom is 0.270 e. The summed E-state index contributed by atoms with van der Waals surface area (Å²) < 4.78 is 2.05. The molecule has 0 unspecified atom stereocenters. The SMILES string of the molecule is CCCN(C(=O)c1cccn1C(C)C)C1CNC1. The van der Waals surface area contributed by atoms with Gasteiger partial charge in [0.05, 0.1) is 6.04 Å². The van der Waals surface area contributed by atoms with E-state index in [1.807, 2.05) is 23.2 Å². The first-order chi connectivity index (χ1) is 8.65. The van der Waals surface area contributed by atoms with Crippen LogP contribution in [0.3, 0.4) is 0 Å². The van der Waals surface area contributed by atoms with Gasteiger partial charge < -0.3 is 14.8 Å². The second-order valence-corrected chi connectivity index (χ2v) is 5.21. The molecule has 0 spiro atoms. The van der Waals surface area contributed by atoms with E-state index in [1.165, 1.54) is 0 Å². The third kappa shape index (κ3) is 2.43. The molecule has 1 aromatic heterocycles. The van der Waals surface area contributed by atoms with Crippen LogP contribution in [0.4, 0.5) is 0 Å². The molecule has 0 bridgehead atoms. The largest absolute Gasteiger partial charge is 0.341 e. The molecule has 1 aliphatic rings. The number of aromatic nitrogens is 1. The monoisotopic (exact) mass is 249 g/mol. The Balaban J connectivity index is 2.18. The topological polar surface area (TPSA) is 37.3 Å². The fraction of sp³-hybridized carbons (Fsp3) is 0.643. The van der Waals surface area contributed by atoms with E-state index in [9.17, 15) is 4.79 Å². The molecule has 4 nitrogen and oxygen atoms in total. The Bertz CT molecular complexity index is 407. The predicted octanol–water partition coefficient (Wildman–Crippen LogP) is 1.89. The molecule has 100 valence electrons. The van der Waals surface area contributed by atoms with Crippen molar-refractivity contribution in [3.63, 3.8) is 0 Å². The summed E-state index contributed by atoms with van der Waals surface area (Å²) in [5.41, 5.74) is 0.811. The zero-order chi connectivity index (χ0) is 13.1. The average Bonchev–Trinajstić information content (AvgIpc) is 2.74. The molecule has 18 heavy (non-hydrogen) atoms. The van der Waals surface area contributed by atoms with E-state index in [1.54, 1.807) is 0 Å². The second kappa shape index (κ2) is 5.57. The van der Waals surface area contributed by atoms with E-state index in [0.717, 1.165) is 31.7 Å². The van der Waals surface area contributed by atoms with Crippen molar-refractivity contribution in [2.24, 2.45) is 0 Å². The highest BCUT2D eigenvalue weighted by Crippen LogP contribution is 2.16. The van der Waals surface area contributed by atoms with Crippen LogP contribution in [0.1, 0.15) is 43.7 Å². The van der Waals surface area contributed by atoms with Crippen LogP contribution in [0.2, 0.25) is 0 Å². The fourth-order valence-electron chi connectivity index (χ4n) is 2.36. The Hall–Kier alpha value is -1.29. The Morgan fingerprint density at radius 2 is 2.28 bits per heavy atom. The van der Waals surface area contributed by atoms with Crippen LogP contribution in [0, 0.1) is 0 Å². The lowest BCUT2D eigenvalue weighted by atomic mass is 10.1. The quantitative estimate of drug-likeness (QED) is 0.865. The van der Waals surface area contributed by atoms with Crippen molar-refractivity contribution in [2.75, 3.05) is 19.6 Å². The third-order valence-electron chi connectivity index (χ3n) is 3.48. The van der Waals surface area contributed by atoms with Crippen molar-refractivity contribution < 1.29 is 4.79 Å². The van der Waals surface area contributed by atoms with Gasteiger partial charge in [-0.05, 0) is 32.4 Å². The maximum absolute atomic E-state index is 12.6. The number of amides is 1. The minimum absolute atomic E-state index is 0.169. The van der Waals surface area contributed by atoms with Crippen LogP contribution in [0.5, 0.6) is 0 Å². The first-order valence-electron chi connectivity index (χ1n) is 6.83. The van der Waals surface area contributed by atoms with Gasteiger partial charge in [-0.25, -0.2) is 0 Å². The molecule has 1 amide bonds. The third-order valence-corrected chi connectivity index (χ3v) is 3.48. The summed E-state index contributed by atoms with van der Waals surface area (Å²) in [5, 5.41) is 3.24. The maximum atomic E-state index is 12.6. The predicted molar refractivity (Wildman–Crippen MR) is 72.8 cm³/mol. The lowest BCUT2D eigenvalue weighted by Crippen LogP contribution is -2.59. The molecule has 1 saturated heterocycles. The van der Waals surface area contributed by atoms with Crippen LogP contribution in [0.25, 0.3) is 0 Å². The minimum atomic E-state index is 0.169. The Kier molecular flexibility index (Phi) is 4.07. The molecule has 1 aromatic rings. The zero-order valence-electron chi connectivity index (χ0n) is 11.5. The molecular weight excluding hydrogens is 226 g/mol. The van der Waals surface area contributed by atoms with Gasteiger partial charge in [-0.2, -0.15) is 0 Å². The first kappa shape index (κ1) is 13.1. The van der Waals surface area contributed by atoms with E-state index in [2.05, 4.69) is 30.7 Å². The number of carbonyl (C=O) groups is 1. The smallest absolute Gasteiger partial charge is 0.270 e. The molecule has 0 saturated carbocycles. The van der Waals surface area contributed by atoms with Gasteiger partial charge in [0, 0.05) is 31.9 Å². The van der Waals surface area contributed by atoms with E-state index in [0.29, 0.717) is 12.1 Å². The molecule has 4 heteroatoms. The normalized spacial score (nSPS) is 15.8. The van der Waals surface area contributed by atoms with Gasteiger partial charge in [-0.1, -0.05) is 6.92 Å². The van der Waals surface area contributed by atoms with Gasteiger partial charge in [-0.3, -0.25) is 4.79 Å². The van der Waals surface area contributed by atoms with Crippen LogP contribution in [-0.4, -0.2) is 41.1 Å². The molecule has 0 radical (unpaired) electrons. The number of carbonyl (C=O) groups excluding carboxylic acids is 1. The average molecular weight is 249 g/mol. The van der Waals surface area contributed by atoms with Crippen molar-refractivity contribution in [2.45, 2.75) is 39.3 Å². The molecule has 2 heterocycles. The van der Waals surface area contributed by atoms with Crippen LogP contribution in [0.15, 0.2) is 18.3 Å². The molecule has 1 fully saturated rings. The number of nitrogens with one attached hydrogen (secondary N) is 1. The van der Waals surface area contributed by atoms with Crippen LogP contribution >= 0.6 is 0 Å². The Morgan fingerprint density at radius 1 is 1.56 bits per heavy atom. The van der Waals surface area contributed by atoms with Crippen LogP contribution < -0.4 is 5.32 Å². The van der Waals surface area contributed by atoms with Crippen molar-refractivity contribution in [1.82, 2.24) is 14.8 Å². The van der Waals surface area contributed by atoms with Crippen molar-refractivity contribution in [3.8, 4) is 0 Å². The van der Waals surface area contributed by atoms with Crippen LogP contribution in [-0.2, 0) is 0 Å².